The molecule has 1 aromatic carbocycles. The summed E-state index contributed by atoms with van der Waals surface area (Å²) < 4.78 is 45.1. The maximum atomic E-state index is 13.4. The number of nitrogens with zero attached hydrogens (tertiary/aromatic N) is 3. The van der Waals surface area contributed by atoms with Crippen molar-refractivity contribution < 1.29 is 37.4 Å². The molecule has 2 atom stereocenters. The van der Waals surface area contributed by atoms with E-state index in [9.17, 15) is 27.5 Å². The molecule has 1 saturated heterocycles. The number of pyridine rings is 1. The first kappa shape index (κ1) is 27.8. The monoisotopic (exact) mass is 501 g/mol. The van der Waals surface area contributed by atoms with E-state index in [2.05, 4.69) is 34.2 Å². The van der Waals surface area contributed by atoms with Crippen LogP contribution in [0.5, 0.6) is 5.75 Å². The fraction of sp³-hybridized carbons (Fsp3) is 0.409. The van der Waals surface area contributed by atoms with E-state index >= 15 is 0 Å². The predicted octanol–water partition coefficient (Wildman–Crippen LogP) is 2.21. The molecule has 1 aliphatic heterocycles. The number of amides is 1. The standard InChI is InChI=1S/C20H26FN5O2.C2HF3O2/c1-25(2)15-7-8-26(12-15)14-4-6-19(23-11-14)24-20(28)17(22)10-13-3-5-18(27)16(21)9-13;3-2(4,5)1(6)7/h3-6,9,11,15,17,27H,7-8,10,12,22H2,1-2H3,(H,23,24,28);(H,6,7). The third-order valence-corrected chi connectivity index (χ3v) is 5.30. The Kier molecular flexibility index (Phi) is 9.37. The summed E-state index contributed by atoms with van der Waals surface area (Å²) in [4.78, 5) is 30.0. The normalized spacial score (nSPS) is 16.5. The molecule has 192 valence electrons. The number of phenolic OH excluding ortho intramolecular Hbond substituents is 1. The number of aromatic nitrogens is 1. The first-order valence-electron chi connectivity index (χ1n) is 10.5. The maximum absolute atomic E-state index is 13.4. The number of carbonyl (C=O) groups is 2. The Hall–Kier alpha value is -3.45. The predicted molar refractivity (Wildman–Crippen MR) is 121 cm³/mol. The van der Waals surface area contributed by atoms with Gasteiger partial charge in [0.05, 0.1) is 17.9 Å². The van der Waals surface area contributed by atoms with Gasteiger partial charge < -0.3 is 31.1 Å². The number of hydrogen-bond acceptors (Lipinski definition) is 7. The lowest BCUT2D eigenvalue weighted by molar-refractivity contribution is -0.192. The number of nitrogens with one attached hydrogen (secondary N) is 1. The van der Waals surface area contributed by atoms with Crippen LogP contribution in [0.2, 0.25) is 0 Å². The van der Waals surface area contributed by atoms with Gasteiger partial charge in [0, 0.05) is 19.1 Å². The summed E-state index contributed by atoms with van der Waals surface area (Å²) in [6.07, 6.45) is -2.08. The third-order valence-electron chi connectivity index (χ3n) is 5.30. The largest absolute Gasteiger partial charge is 0.505 e. The Labute approximate surface area is 199 Å². The minimum Gasteiger partial charge on any atom is -0.505 e. The summed E-state index contributed by atoms with van der Waals surface area (Å²) >= 11 is 0. The smallest absolute Gasteiger partial charge is 0.490 e. The highest BCUT2D eigenvalue weighted by Gasteiger charge is 2.38. The van der Waals surface area contributed by atoms with E-state index in [-0.39, 0.29) is 6.42 Å². The zero-order valence-corrected chi connectivity index (χ0v) is 19.1. The lowest BCUT2D eigenvalue weighted by Gasteiger charge is -2.21. The number of rotatable bonds is 6. The fourth-order valence-electron chi connectivity index (χ4n) is 3.29. The Morgan fingerprint density at radius 2 is 1.94 bits per heavy atom. The van der Waals surface area contributed by atoms with Crippen LogP contribution in [-0.4, -0.2) is 77.4 Å². The highest BCUT2D eigenvalue weighted by Crippen LogP contribution is 2.22. The summed E-state index contributed by atoms with van der Waals surface area (Å²) in [6, 6.07) is 7.31. The molecule has 2 heterocycles. The molecule has 0 bridgehead atoms. The number of aliphatic carboxylic acids is 1. The van der Waals surface area contributed by atoms with Gasteiger partial charge in [0.1, 0.15) is 5.82 Å². The molecule has 2 aromatic rings. The van der Waals surface area contributed by atoms with E-state index in [4.69, 9.17) is 15.6 Å². The van der Waals surface area contributed by atoms with Gasteiger partial charge in [0.2, 0.25) is 5.91 Å². The second-order valence-corrected chi connectivity index (χ2v) is 8.14. The highest BCUT2D eigenvalue weighted by atomic mass is 19.4. The molecule has 9 nitrogen and oxygen atoms in total. The number of phenols is 1. The number of carboxylic acid groups (broad SMARTS) is 1. The van der Waals surface area contributed by atoms with Crippen molar-refractivity contribution in [3.05, 3.63) is 47.9 Å². The second kappa shape index (κ2) is 11.8. The Morgan fingerprint density at radius 3 is 2.43 bits per heavy atom. The number of likely N-dealkylation sites (N-methyl/N-ethyl adjacent to an activating group) is 1. The van der Waals surface area contributed by atoms with Crippen LogP contribution < -0.4 is 16.0 Å². The molecule has 13 heteroatoms. The van der Waals surface area contributed by atoms with Gasteiger partial charge in [0.15, 0.2) is 11.6 Å². The van der Waals surface area contributed by atoms with E-state index in [1.54, 1.807) is 12.3 Å². The molecule has 0 saturated carbocycles. The van der Waals surface area contributed by atoms with Gasteiger partial charge in [-0.25, -0.2) is 14.2 Å². The van der Waals surface area contributed by atoms with Crippen molar-refractivity contribution in [3.63, 3.8) is 0 Å². The van der Waals surface area contributed by atoms with Crippen LogP contribution in [0.1, 0.15) is 12.0 Å². The van der Waals surface area contributed by atoms with Crippen LogP contribution >= 0.6 is 0 Å². The number of hydrogen-bond donors (Lipinski definition) is 4. The summed E-state index contributed by atoms with van der Waals surface area (Å²) in [5.41, 5.74) is 7.47. The number of benzene rings is 1. The maximum Gasteiger partial charge on any atom is 0.490 e. The minimum absolute atomic E-state index is 0.154. The SMILES string of the molecule is CN(C)C1CCN(c2ccc(NC(=O)C(N)Cc3ccc(O)c(F)c3)nc2)C1.O=C(O)C(F)(F)F. The van der Waals surface area contributed by atoms with Crippen molar-refractivity contribution >= 4 is 23.4 Å². The third kappa shape index (κ3) is 8.37. The van der Waals surface area contributed by atoms with Crippen LogP contribution in [0.25, 0.3) is 0 Å². The Bertz CT molecular complexity index is 1020. The Morgan fingerprint density at radius 1 is 1.29 bits per heavy atom. The van der Waals surface area contributed by atoms with Crippen LogP contribution in [0.4, 0.5) is 29.1 Å². The number of halogens is 4. The minimum atomic E-state index is -5.08. The van der Waals surface area contributed by atoms with Gasteiger partial charge in [-0.2, -0.15) is 13.2 Å². The van der Waals surface area contributed by atoms with E-state index in [0.717, 1.165) is 25.2 Å². The van der Waals surface area contributed by atoms with Crippen LogP contribution in [0, 0.1) is 5.82 Å². The molecule has 2 unspecified atom stereocenters. The van der Waals surface area contributed by atoms with Crippen LogP contribution in [-0.2, 0) is 16.0 Å². The topological polar surface area (TPSA) is 132 Å². The molecule has 0 aliphatic carbocycles. The zero-order chi connectivity index (χ0) is 26.3. The van der Waals surface area contributed by atoms with Crippen LogP contribution in [0.15, 0.2) is 36.5 Å². The molecule has 3 rings (SSSR count). The van der Waals surface area contributed by atoms with Crippen molar-refractivity contribution in [2.24, 2.45) is 5.73 Å². The van der Waals surface area contributed by atoms with E-state index in [1.165, 1.54) is 18.2 Å². The number of carbonyl (C=O) groups excluding carboxylic acids is 1. The van der Waals surface area contributed by atoms with E-state index in [1.807, 2.05) is 6.07 Å². The van der Waals surface area contributed by atoms with Crippen molar-refractivity contribution in [2.75, 3.05) is 37.4 Å². The number of carboxylic acids is 1. The van der Waals surface area contributed by atoms with Crippen molar-refractivity contribution in [1.29, 1.82) is 0 Å². The second-order valence-electron chi connectivity index (χ2n) is 8.14. The molecule has 1 aliphatic rings. The fourth-order valence-corrected chi connectivity index (χ4v) is 3.29. The first-order chi connectivity index (χ1) is 16.3. The summed E-state index contributed by atoms with van der Waals surface area (Å²) in [6.45, 7) is 1.93. The molecule has 0 radical (unpaired) electrons. The van der Waals surface area contributed by atoms with Gasteiger partial charge >= 0.3 is 12.1 Å². The quantitative estimate of drug-likeness (QED) is 0.443. The lowest BCUT2D eigenvalue weighted by atomic mass is 10.1. The first-order valence-corrected chi connectivity index (χ1v) is 10.5. The molecule has 5 N–H and O–H groups in total. The summed E-state index contributed by atoms with van der Waals surface area (Å²) in [5, 5.41) is 19.0. The van der Waals surface area contributed by atoms with Gasteiger partial charge in [-0.3, -0.25) is 4.79 Å². The molecule has 0 spiro atoms. The van der Waals surface area contributed by atoms with Gasteiger partial charge in [-0.15, -0.1) is 0 Å². The molecule has 1 fully saturated rings. The van der Waals surface area contributed by atoms with Crippen molar-refractivity contribution in [1.82, 2.24) is 9.88 Å². The Balaban J connectivity index is 0.000000540. The van der Waals surface area contributed by atoms with E-state index in [0.29, 0.717) is 17.4 Å². The van der Waals surface area contributed by atoms with E-state index < -0.39 is 35.7 Å². The average molecular weight is 501 g/mol. The van der Waals surface area contributed by atoms with Gasteiger partial charge in [0.25, 0.3) is 0 Å². The molecule has 1 amide bonds. The molecule has 1 aromatic heterocycles. The van der Waals surface area contributed by atoms with Crippen LogP contribution in [0.3, 0.4) is 0 Å². The van der Waals surface area contributed by atoms with Crippen molar-refractivity contribution in [2.45, 2.75) is 31.1 Å². The molecule has 35 heavy (non-hydrogen) atoms. The molecular formula is C22H27F4N5O4. The zero-order valence-electron chi connectivity index (χ0n) is 19.1. The number of aromatic hydroxyl groups is 1. The number of nitrogens with two attached hydrogens (primary N) is 1. The molecular weight excluding hydrogens is 474 g/mol. The van der Waals surface area contributed by atoms with Gasteiger partial charge in [-0.1, -0.05) is 6.07 Å². The number of alkyl halides is 3. The van der Waals surface area contributed by atoms with Gasteiger partial charge in [-0.05, 0) is 56.8 Å². The lowest BCUT2D eigenvalue weighted by Crippen LogP contribution is -2.37. The highest BCUT2D eigenvalue weighted by molar-refractivity contribution is 5.94. The number of anilines is 2. The summed E-state index contributed by atoms with van der Waals surface area (Å²) in [5.74, 6) is -3.90. The van der Waals surface area contributed by atoms with Crippen molar-refractivity contribution in [3.8, 4) is 5.75 Å². The average Bonchev–Trinajstić information content (AvgIpc) is 3.27. The summed E-state index contributed by atoms with van der Waals surface area (Å²) in [7, 11) is 4.17.